The number of likely N-dealkylation sites (tertiary alicyclic amines) is 2. The zero-order chi connectivity index (χ0) is 43.1. The van der Waals surface area contributed by atoms with E-state index in [2.05, 4.69) is 35.6 Å². The number of nitrogens with zero attached hydrogens (tertiary/aromatic N) is 6. The first-order valence-electron chi connectivity index (χ1n) is 18.9. The summed E-state index contributed by atoms with van der Waals surface area (Å²) in [5, 5.41) is 22.2. The molecule has 2 N–H and O–H groups in total. The molecule has 2 aromatic rings. The van der Waals surface area contributed by atoms with Gasteiger partial charge in [-0.05, 0) is 69.5 Å². The van der Waals surface area contributed by atoms with Gasteiger partial charge < -0.3 is 34.1 Å². The van der Waals surface area contributed by atoms with Crippen molar-refractivity contribution in [2.75, 3.05) is 46.9 Å². The molecule has 320 valence electrons. The van der Waals surface area contributed by atoms with Crippen molar-refractivity contribution in [3.05, 3.63) is 32.2 Å². The average molecular weight is 850 g/mol. The number of aryl methyl sites for hydroxylation is 2. The Labute approximate surface area is 346 Å². The van der Waals surface area contributed by atoms with Crippen molar-refractivity contribution in [2.24, 2.45) is 16.2 Å². The smallest absolute Gasteiger partial charge is 0.360 e. The number of ketones is 1. The van der Waals surface area contributed by atoms with Crippen LogP contribution >= 0.6 is 22.7 Å². The fourth-order valence-corrected chi connectivity index (χ4v) is 7.05. The van der Waals surface area contributed by atoms with E-state index in [-0.39, 0.29) is 36.1 Å². The number of amides is 1. The van der Waals surface area contributed by atoms with Crippen LogP contribution in [0.4, 0.5) is 0 Å². The summed E-state index contributed by atoms with van der Waals surface area (Å²) in [4.78, 5) is 91.4. The summed E-state index contributed by atoms with van der Waals surface area (Å²) >= 11 is 2.68. The van der Waals surface area contributed by atoms with E-state index >= 15 is 0 Å². The second-order valence-corrected chi connectivity index (χ2v) is 18.7. The second-order valence-electron chi connectivity index (χ2n) is 16.6. The van der Waals surface area contributed by atoms with Gasteiger partial charge in [0.25, 0.3) is 0 Å². The molecule has 0 spiro atoms. The van der Waals surface area contributed by atoms with Crippen molar-refractivity contribution < 1.29 is 53.1 Å². The highest BCUT2D eigenvalue weighted by Crippen LogP contribution is 2.32. The lowest BCUT2D eigenvalue weighted by Gasteiger charge is -2.38. The molecule has 18 nitrogen and oxygen atoms in total. The van der Waals surface area contributed by atoms with E-state index in [0.717, 1.165) is 10.0 Å². The summed E-state index contributed by atoms with van der Waals surface area (Å²) in [6.07, 6.45) is 1.37. The van der Waals surface area contributed by atoms with Crippen molar-refractivity contribution in [3.8, 4) is 0 Å². The minimum absolute atomic E-state index is 0.0177. The molecule has 2 aromatic heterocycles. The highest BCUT2D eigenvalue weighted by Gasteiger charge is 2.48. The molecule has 20 heteroatoms. The molecule has 0 aliphatic carbocycles. The van der Waals surface area contributed by atoms with Gasteiger partial charge in [-0.2, -0.15) is 0 Å². The molecule has 5 heterocycles. The number of aliphatic carboxylic acids is 1. The molecule has 3 aliphatic heterocycles. The van der Waals surface area contributed by atoms with E-state index in [1.165, 1.54) is 22.7 Å². The molecular weight excluding hydrogens is 795 g/mol. The van der Waals surface area contributed by atoms with Gasteiger partial charge in [-0.1, -0.05) is 10.3 Å². The number of thiazole rings is 2. The van der Waals surface area contributed by atoms with E-state index in [1.54, 1.807) is 59.2 Å². The minimum atomic E-state index is -1.30. The average Bonchev–Trinajstić information content (AvgIpc) is 3.86. The van der Waals surface area contributed by atoms with E-state index in [4.69, 9.17) is 24.0 Å². The Kier molecular flexibility index (Phi) is 15.3. The molecule has 1 amide bonds. The third kappa shape index (κ3) is 12.8. The van der Waals surface area contributed by atoms with Crippen molar-refractivity contribution in [2.45, 2.75) is 110 Å². The van der Waals surface area contributed by atoms with Crippen LogP contribution in [0.5, 0.6) is 0 Å². The number of piperidine rings is 2. The highest BCUT2D eigenvalue weighted by molar-refractivity contribution is 7.10. The van der Waals surface area contributed by atoms with Crippen LogP contribution in [-0.4, -0.2) is 135 Å². The molecular formula is C38H55N7O11S2. The Hall–Kier alpha value is -4.37. The number of aromatic nitrogens is 2. The molecule has 0 aromatic carbocycles. The van der Waals surface area contributed by atoms with Crippen molar-refractivity contribution in [1.29, 1.82) is 0 Å². The summed E-state index contributed by atoms with van der Waals surface area (Å²) < 4.78 is 11.1. The molecule has 5 rings (SSSR count). The van der Waals surface area contributed by atoms with Gasteiger partial charge in [0.15, 0.2) is 11.5 Å². The zero-order valence-corrected chi connectivity index (χ0v) is 36.5. The van der Waals surface area contributed by atoms with E-state index < -0.39 is 52.0 Å². The summed E-state index contributed by atoms with van der Waals surface area (Å²) in [7, 11) is 3.91. The van der Waals surface area contributed by atoms with Crippen LogP contribution in [0, 0.1) is 19.8 Å². The SMILES string of the molecule is Cc1nc(/C(=N/OC2(C(=O)OC(C)(C)C)CCN(C)CC2)C(=O)C[C@H]2CONC2=O)cs1.Cc1nc(/C(=N/OC2(C(=O)OC(C)(C)C)CCN(C)CC2)C(=O)O)cs1. The number of hydrogen-bond donors (Lipinski definition) is 2. The molecule has 3 aliphatic rings. The first-order chi connectivity index (χ1) is 27.0. The normalized spacial score (nSPS) is 20.3. The Balaban J connectivity index is 0.000000262. The van der Waals surface area contributed by atoms with Gasteiger partial charge in [0, 0.05) is 69.0 Å². The molecule has 58 heavy (non-hydrogen) atoms. The van der Waals surface area contributed by atoms with Crippen LogP contribution in [-0.2, 0) is 48.0 Å². The quantitative estimate of drug-likeness (QED) is 0.177. The van der Waals surface area contributed by atoms with Crippen LogP contribution in [0.1, 0.15) is 95.0 Å². The number of Topliss-reactive ketones (excluding diaryl/α,β-unsaturated/α-hetero) is 1. The summed E-state index contributed by atoms with van der Waals surface area (Å²) in [6.45, 7) is 16.9. The maximum absolute atomic E-state index is 13.1. The molecule has 3 fully saturated rings. The van der Waals surface area contributed by atoms with Crippen LogP contribution in [0.3, 0.4) is 0 Å². The zero-order valence-electron chi connectivity index (χ0n) is 34.8. The topological polar surface area (TPSA) is 221 Å². The number of hydrogen-bond acceptors (Lipinski definition) is 18. The summed E-state index contributed by atoms with van der Waals surface area (Å²) in [5.74, 6) is -3.67. The molecule has 3 saturated heterocycles. The van der Waals surface area contributed by atoms with Gasteiger partial charge in [-0.3, -0.25) is 14.4 Å². The van der Waals surface area contributed by atoms with Gasteiger partial charge in [-0.15, -0.1) is 22.7 Å². The number of carboxylic acid groups (broad SMARTS) is 1. The third-order valence-corrected chi connectivity index (χ3v) is 10.8. The number of hydroxylamine groups is 1. The monoisotopic (exact) mass is 849 g/mol. The molecule has 0 radical (unpaired) electrons. The third-order valence-electron chi connectivity index (χ3n) is 9.20. The lowest BCUT2D eigenvalue weighted by Crippen LogP contribution is -2.52. The summed E-state index contributed by atoms with van der Waals surface area (Å²) in [6, 6.07) is 0. The number of oxime groups is 2. The van der Waals surface area contributed by atoms with Crippen LogP contribution in [0.25, 0.3) is 0 Å². The van der Waals surface area contributed by atoms with E-state index in [1.807, 2.05) is 21.0 Å². The first-order valence-corrected chi connectivity index (χ1v) is 20.7. The number of esters is 2. The lowest BCUT2D eigenvalue weighted by molar-refractivity contribution is -0.191. The number of ether oxygens (including phenoxy) is 2. The maximum Gasteiger partial charge on any atom is 0.360 e. The molecule has 1 atom stereocenters. The van der Waals surface area contributed by atoms with Crippen molar-refractivity contribution in [1.82, 2.24) is 25.2 Å². The van der Waals surface area contributed by atoms with Crippen LogP contribution in [0.2, 0.25) is 0 Å². The highest BCUT2D eigenvalue weighted by atomic mass is 32.1. The lowest BCUT2D eigenvalue weighted by atomic mass is 9.91. The standard InChI is InChI=1S/C21H30N4O6S.C17H25N3O5S/c1-13-22-15(12-32-13)17(16(26)10-14-11-29-24-18(14)27)23-31-21(6-8-25(5)9-7-21)19(28)30-20(2,3)4;1-11-18-12(10-26-11)13(14(21)22)19-25-17(6-8-20(5)9-7-17)15(23)24-16(2,3)4/h12,14H,6-11H2,1-5H3,(H,24,27);10H,6-9H2,1-5H3,(H,21,22)/b23-17-;19-13-/t14-;/m0./s1. The van der Waals surface area contributed by atoms with Gasteiger partial charge in [0.1, 0.15) is 22.6 Å². The molecule has 0 bridgehead atoms. The van der Waals surface area contributed by atoms with E-state index in [9.17, 15) is 29.1 Å². The Bertz CT molecular complexity index is 1860. The Morgan fingerprint density at radius 2 is 1.22 bits per heavy atom. The fourth-order valence-electron chi connectivity index (χ4n) is 5.86. The Morgan fingerprint density at radius 3 is 1.57 bits per heavy atom. The predicted molar refractivity (Wildman–Crippen MR) is 214 cm³/mol. The van der Waals surface area contributed by atoms with Crippen LogP contribution < -0.4 is 5.48 Å². The fraction of sp³-hybridized carbons (Fsp3) is 0.658. The van der Waals surface area contributed by atoms with Gasteiger partial charge >= 0.3 is 17.9 Å². The van der Waals surface area contributed by atoms with Gasteiger partial charge in [-0.25, -0.2) is 29.8 Å². The minimum Gasteiger partial charge on any atom is -0.476 e. The predicted octanol–water partition coefficient (Wildman–Crippen LogP) is 3.68. The number of carboxylic acids is 1. The van der Waals surface area contributed by atoms with Crippen molar-refractivity contribution in [3.63, 3.8) is 0 Å². The molecule has 0 unspecified atom stereocenters. The number of carbonyl (C=O) groups is 5. The molecule has 0 saturated carbocycles. The Morgan fingerprint density at radius 1 is 0.810 bits per heavy atom. The van der Waals surface area contributed by atoms with Crippen LogP contribution in [0.15, 0.2) is 21.1 Å². The number of nitrogens with one attached hydrogen (secondary N) is 1. The number of carbonyl (C=O) groups excluding carboxylic acids is 4. The second kappa shape index (κ2) is 19.1. The largest absolute Gasteiger partial charge is 0.476 e. The maximum atomic E-state index is 13.1. The first kappa shape index (κ1) is 46.3. The van der Waals surface area contributed by atoms with E-state index in [0.29, 0.717) is 57.6 Å². The van der Waals surface area contributed by atoms with Crippen molar-refractivity contribution >= 4 is 63.7 Å². The summed E-state index contributed by atoms with van der Waals surface area (Å²) in [5.41, 5.74) is -1.50. The van der Waals surface area contributed by atoms with Gasteiger partial charge in [0.2, 0.25) is 22.8 Å². The van der Waals surface area contributed by atoms with Gasteiger partial charge in [0.05, 0.1) is 22.5 Å². The number of rotatable bonds is 12.